The van der Waals surface area contributed by atoms with Crippen LogP contribution < -0.4 is 15.2 Å². The fourth-order valence-corrected chi connectivity index (χ4v) is 2.39. The third-order valence-electron chi connectivity index (χ3n) is 3.57. The first kappa shape index (κ1) is 17.8. The molecule has 0 saturated carbocycles. The summed E-state index contributed by atoms with van der Waals surface area (Å²) in [6.07, 6.45) is 9.01. The first-order valence-corrected chi connectivity index (χ1v) is 8.41. The molecular weight excluding hydrogens is 262 g/mol. The monoisotopic (exact) mass is 293 g/mol. The lowest BCUT2D eigenvalue weighted by molar-refractivity contribution is 0.268. The summed E-state index contributed by atoms with van der Waals surface area (Å²) in [5.41, 5.74) is 6.80. The van der Waals surface area contributed by atoms with Crippen molar-refractivity contribution in [3.8, 4) is 11.5 Å². The molecule has 1 aromatic rings. The number of para-hydroxylation sites is 1. The van der Waals surface area contributed by atoms with Crippen LogP contribution in [0.5, 0.6) is 11.5 Å². The van der Waals surface area contributed by atoms with Gasteiger partial charge in [-0.1, -0.05) is 57.6 Å². The Labute approximate surface area is 129 Å². The topological polar surface area (TPSA) is 44.5 Å². The van der Waals surface area contributed by atoms with Gasteiger partial charge in [0, 0.05) is 12.1 Å². The van der Waals surface area contributed by atoms with E-state index < -0.39 is 0 Å². The van der Waals surface area contributed by atoms with Gasteiger partial charge in [-0.25, -0.2) is 0 Å². The van der Waals surface area contributed by atoms with E-state index in [0.29, 0.717) is 13.2 Å². The van der Waals surface area contributed by atoms with Gasteiger partial charge in [0.15, 0.2) is 11.5 Å². The van der Waals surface area contributed by atoms with Crippen LogP contribution in [0.4, 0.5) is 0 Å². The van der Waals surface area contributed by atoms with E-state index in [1.54, 1.807) is 0 Å². The van der Waals surface area contributed by atoms with Crippen molar-refractivity contribution in [3.05, 3.63) is 23.8 Å². The van der Waals surface area contributed by atoms with Gasteiger partial charge < -0.3 is 15.2 Å². The van der Waals surface area contributed by atoms with Crippen molar-refractivity contribution in [2.75, 3.05) is 13.2 Å². The summed E-state index contributed by atoms with van der Waals surface area (Å²) in [4.78, 5) is 0. The summed E-state index contributed by atoms with van der Waals surface area (Å²) in [6, 6.07) is 5.92. The Hall–Kier alpha value is -1.22. The summed E-state index contributed by atoms with van der Waals surface area (Å²) in [5.74, 6) is 1.64. The Morgan fingerprint density at radius 1 is 0.905 bits per heavy atom. The first-order valence-electron chi connectivity index (χ1n) is 8.41. The molecule has 3 heteroatoms. The van der Waals surface area contributed by atoms with E-state index in [9.17, 15) is 0 Å². The molecular formula is C18H31NO2. The van der Waals surface area contributed by atoms with Crippen LogP contribution >= 0.6 is 0 Å². The quantitative estimate of drug-likeness (QED) is 0.569. The molecule has 0 atom stereocenters. The van der Waals surface area contributed by atoms with Crippen molar-refractivity contribution < 1.29 is 9.47 Å². The lowest BCUT2D eigenvalue weighted by Gasteiger charge is -2.15. The van der Waals surface area contributed by atoms with Gasteiger partial charge in [-0.2, -0.15) is 0 Å². The van der Waals surface area contributed by atoms with Gasteiger partial charge in [0.05, 0.1) is 13.2 Å². The molecule has 2 N–H and O–H groups in total. The number of hydrogen-bond donors (Lipinski definition) is 1. The molecule has 0 aliphatic heterocycles. The SMILES string of the molecule is CCCCCCCCCOc1c(CN)cccc1OCC. The van der Waals surface area contributed by atoms with Gasteiger partial charge in [0.25, 0.3) is 0 Å². The number of benzene rings is 1. The van der Waals surface area contributed by atoms with Gasteiger partial charge in [-0.15, -0.1) is 0 Å². The van der Waals surface area contributed by atoms with Gasteiger partial charge in [0.1, 0.15) is 0 Å². The van der Waals surface area contributed by atoms with Crippen LogP contribution in [0.3, 0.4) is 0 Å². The van der Waals surface area contributed by atoms with Crippen LogP contribution in [-0.2, 0) is 6.54 Å². The Balaban J connectivity index is 2.33. The molecule has 0 amide bonds. The number of rotatable bonds is 12. The highest BCUT2D eigenvalue weighted by molar-refractivity contribution is 5.46. The van der Waals surface area contributed by atoms with Crippen LogP contribution in [0.15, 0.2) is 18.2 Å². The second-order valence-corrected chi connectivity index (χ2v) is 5.35. The maximum absolute atomic E-state index is 5.93. The Morgan fingerprint density at radius 2 is 1.62 bits per heavy atom. The van der Waals surface area contributed by atoms with E-state index in [2.05, 4.69) is 6.92 Å². The molecule has 0 spiro atoms. The van der Waals surface area contributed by atoms with Crippen molar-refractivity contribution >= 4 is 0 Å². The highest BCUT2D eigenvalue weighted by Gasteiger charge is 2.09. The predicted octanol–water partition coefficient (Wildman–Crippen LogP) is 4.67. The Morgan fingerprint density at radius 3 is 2.29 bits per heavy atom. The largest absolute Gasteiger partial charge is 0.490 e. The summed E-state index contributed by atoms with van der Waals surface area (Å²) in [5, 5.41) is 0. The molecule has 3 nitrogen and oxygen atoms in total. The van der Waals surface area contributed by atoms with Gasteiger partial charge in [-0.05, 0) is 19.4 Å². The zero-order valence-electron chi connectivity index (χ0n) is 13.7. The second-order valence-electron chi connectivity index (χ2n) is 5.35. The van der Waals surface area contributed by atoms with Crippen molar-refractivity contribution in [2.24, 2.45) is 5.73 Å². The van der Waals surface area contributed by atoms with E-state index in [1.807, 2.05) is 25.1 Å². The zero-order valence-corrected chi connectivity index (χ0v) is 13.7. The minimum absolute atomic E-state index is 0.479. The smallest absolute Gasteiger partial charge is 0.165 e. The summed E-state index contributed by atoms with van der Waals surface area (Å²) in [6.45, 7) is 6.09. The van der Waals surface area contributed by atoms with Crippen LogP contribution in [0.25, 0.3) is 0 Å². The van der Waals surface area contributed by atoms with Crippen molar-refractivity contribution in [1.29, 1.82) is 0 Å². The van der Waals surface area contributed by atoms with E-state index in [0.717, 1.165) is 30.1 Å². The van der Waals surface area contributed by atoms with Crippen molar-refractivity contribution in [2.45, 2.75) is 65.3 Å². The standard InChI is InChI=1S/C18H31NO2/c1-3-5-6-7-8-9-10-14-21-18-16(15-19)12-11-13-17(18)20-4-2/h11-13H,3-10,14-15,19H2,1-2H3. The lowest BCUT2D eigenvalue weighted by atomic mass is 10.1. The Bertz CT molecular complexity index is 379. The van der Waals surface area contributed by atoms with E-state index in [4.69, 9.17) is 15.2 Å². The third-order valence-corrected chi connectivity index (χ3v) is 3.57. The maximum Gasteiger partial charge on any atom is 0.165 e. The second kappa shape index (κ2) is 11.4. The fourth-order valence-electron chi connectivity index (χ4n) is 2.39. The van der Waals surface area contributed by atoms with Gasteiger partial charge in [0.2, 0.25) is 0 Å². The zero-order chi connectivity index (χ0) is 15.3. The lowest BCUT2D eigenvalue weighted by Crippen LogP contribution is -2.06. The van der Waals surface area contributed by atoms with Gasteiger partial charge in [-0.3, -0.25) is 0 Å². The van der Waals surface area contributed by atoms with Crippen molar-refractivity contribution in [1.82, 2.24) is 0 Å². The predicted molar refractivity (Wildman–Crippen MR) is 89.0 cm³/mol. The highest BCUT2D eigenvalue weighted by Crippen LogP contribution is 2.31. The minimum Gasteiger partial charge on any atom is -0.490 e. The summed E-state index contributed by atoms with van der Waals surface area (Å²) in [7, 11) is 0. The molecule has 0 aliphatic rings. The third kappa shape index (κ3) is 6.85. The van der Waals surface area contributed by atoms with E-state index >= 15 is 0 Å². The normalized spacial score (nSPS) is 10.6. The number of unbranched alkanes of at least 4 members (excludes halogenated alkanes) is 6. The molecule has 0 radical (unpaired) electrons. The molecule has 120 valence electrons. The maximum atomic E-state index is 5.93. The average molecular weight is 293 g/mol. The summed E-state index contributed by atoms with van der Waals surface area (Å²) < 4.78 is 11.6. The van der Waals surface area contributed by atoms with Crippen LogP contribution in [0.1, 0.15) is 64.4 Å². The van der Waals surface area contributed by atoms with E-state index in [-0.39, 0.29) is 0 Å². The van der Waals surface area contributed by atoms with Gasteiger partial charge >= 0.3 is 0 Å². The molecule has 0 unspecified atom stereocenters. The molecule has 0 saturated heterocycles. The summed E-state index contributed by atoms with van der Waals surface area (Å²) >= 11 is 0. The molecule has 21 heavy (non-hydrogen) atoms. The minimum atomic E-state index is 0.479. The molecule has 0 aliphatic carbocycles. The average Bonchev–Trinajstić information content (AvgIpc) is 2.51. The highest BCUT2D eigenvalue weighted by atomic mass is 16.5. The first-order chi connectivity index (χ1) is 10.3. The number of nitrogens with two attached hydrogens (primary N) is 1. The van der Waals surface area contributed by atoms with E-state index in [1.165, 1.54) is 38.5 Å². The molecule has 0 bridgehead atoms. The van der Waals surface area contributed by atoms with Crippen LogP contribution in [0.2, 0.25) is 0 Å². The molecule has 0 aromatic heterocycles. The fraction of sp³-hybridized carbons (Fsp3) is 0.667. The van der Waals surface area contributed by atoms with Crippen LogP contribution in [-0.4, -0.2) is 13.2 Å². The molecule has 1 aromatic carbocycles. The van der Waals surface area contributed by atoms with Crippen LogP contribution in [0, 0.1) is 0 Å². The Kier molecular flexibility index (Phi) is 9.71. The molecule has 0 fully saturated rings. The molecule has 1 rings (SSSR count). The van der Waals surface area contributed by atoms with Crippen molar-refractivity contribution in [3.63, 3.8) is 0 Å². The number of hydrogen-bond acceptors (Lipinski definition) is 3. The number of ether oxygens (including phenoxy) is 2. The molecule has 0 heterocycles.